The summed E-state index contributed by atoms with van der Waals surface area (Å²) in [6.45, 7) is 0.287. The summed E-state index contributed by atoms with van der Waals surface area (Å²) in [6.07, 6.45) is 3.68. The third kappa shape index (κ3) is 2.91. The zero-order chi connectivity index (χ0) is 12.3. The second-order valence-corrected chi connectivity index (χ2v) is 4.88. The van der Waals surface area contributed by atoms with Crippen LogP contribution in [0.5, 0.6) is 5.75 Å². The molecule has 3 nitrogen and oxygen atoms in total. The zero-order valence-corrected chi connectivity index (χ0v) is 10.2. The zero-order valence-electron chi connectivity index (χ0n) is 9.45. The van der Waals surface area contributed by atoms with E-state index >= 15 is 0 Å². The molecular formula is C13H14ClNO2. The highest BCUT2D eigenvalue weighted by atomic mass is 35.5. The average Bonchev–Trinajstić information content (AvgIpc) is 2.74. The smallest absolute Gasteiger partial charge is 0.121 e. The second kappa shape index (κ2) is 4.95. The van der Waals surface area contributed by atoms with Crippen LogP contribution in [-0.4, -0.2) is 17.3 Å². The highest BCUT2D eigenvalue weighted by molar-refractivity contribution is 6.31. The fourth-order valence-electron chi connectivity index (χ4n) is 2.07. The Labute approximate surface area is 106 Å². The number of nitriles is 1. The molecule has 1 fully saturated rings. The van der Waals surface area contributed by atoms with Gasteiger partial charge in [0.1, 0.15) is 18.4 Å². The molecule has 0 aliphatic heterocycles. The molecule has 1 aliphatic rings. The van der Waals surface area contributed by atoms with E-state index in [0.717, 1.165) is 25.7 Å². The van der Waals surface area contributed by atoms with Gasteiger partial charge in [0.2, 0.25) is 0 Å². The van der Waals surface area contributed by atoms with Crippen LogP contribution in [0.15, 0.2) is 18.2 Å². The lowest BCUT2D eigenvalue weighted by atomic mass is 10.0. The summed E-state index contributed by atoms with van der Waals surface area (Å²) in [5, 5.41) is 19.2. The summed E-state index contributed by atoms with van der Waals surface area (Å²) in [4.78, 5) is 0. The van der Waals surface area contributed by atoms with Crippen molar-refractivity contribution in [2.45, 2.75) is 31.3 Å². The average molecular weight is 252 g/mol. The van der Waals surface area contributed by atoms with Crippen molar-refractivity contribution in [2.75, 3.05) is 6.61 Å². The van der Waals surface area contributed by atoms with E-state index in [2.05, 4.69) is 0 Å². The summed E-state index contributed by atoms with van der Waals surface area (Å²) in [5.41, 5.74) is -0.265. The number of ether oxygens (including phenoxy) is 1. The quantitative estimate of drug-likeness (QED) is 0.899. The second-order valence-electron chi connectivity index (χ2n) is 4.47. The van der Waals surface area contributed by atoms with E-state index in [9.17, 15) is 5.11 Å². The first-order chi connectivity index (χ1) is 8.13. The minimum absolute atomic E-state index is 0.287. The van der Waals surface area contributed by atoms with Gasteiger partial charge in [0.15, 0.2) is 0 Å². The van der Waals surface area contributed by atoms with Gasteiger partial charge in [0, 0.05) is 6.07 Å². The number of halogens is 1. The van der Waals surface area contributed by atoms with E-state index in [1.54, 1.807) is 18.2 Å². The Balaban J connectivity index is 2.00. The van der Waals surface area contributed by atoms with Crippen LogP contribution < -0.4 is 4.74 Å². The summed E-state index contributed by atoms with van der Waals surface area (Å²) in [6, 6.07) is 6.92. The van der Waals surface area contributed by atoms with Crippen LogP contribution in [0.25, 0.3) is 0 Å². The van der Waals surface area contributed by atoms with Crippen LogP contribution in [0.3, 0.4) is 0 Å². The number of aliphatic hydroxyl groups is 1. The molecule has 0 amide bonds. The first-order valence-corrected chi connectivity index (χ1v) is 6.06. The van der Waals surface area contributed by atoms with Crippen molar-refractivity contribution < 1.29 is 9.84 Å². The molecule has 0 bridgehead atoms. The van der Waals surface area contributed by atoms with E-state index in [-0.39, 0.29) is 6.61 Å². The van der Waals surface area contributed by atoms with Crippen molar-refractivity contribution >= 4 is 11.6 Å². The molecule has 0 aromatic heterocycles. The Kier molecular flexibility index (Phi) is 3.56. The predicted molar refractivity (Wildman–Crippen MR) is 65.1 cm³/mol. The van der Waals surface area contributed by atoms with E-state index in [1.165, 1.54) is 0 Å². The fraction of sp³-hybridized carbons (Fsp3) is 0.462. The number of benzene rings is 1. The van der Waals surface area contributed by atoms with Crippen LogP contribution >= 0.6 is 11.6 Å². The van der Waals surface area contributed by atoms with Crippen LogP contribution in [0.1, 0.15) is 31.2 Å². The molecule has 0 spiro atoms. The molecule has 1 aromatic rings. The van der Waals surface area contributed by atoms with Crippen molar-refractivity contribution in [3.05, 3.63) is 28.8 Å². The maximum atomic E-state index is 10.1. The maximum absolute atomic E-state index is 10.1. The normalized spacial score (nSPS) is 17.7. The molecule has 1 N–H and O–H groups in total. The number of hydrogen-bond donors (Lipinski definition) is 1. The third-order valence-electron chi connectivity index (χ3n) is 3.10. The van der Waals surface area contributed by atoms with Crippen molar-refractivity contribution in [1.29, 1.82) is 5.26 Å². The highest BCUT2D eigenvalue weighted by Gasteiger charge is 2.31. The third-order valence-corrected chi connectivity index (χ3v) is 3.42. The van der Waals surface area contributed by atoms with Gasteiger partial charge in [-0.1, -0.05) is 24.4 Å². The van der Waals surface area contributed by atoms with Crippen molar-refractivity contribution in [3.8, 4) is 11.8 Å². The lowest BCUT2D eigenvalue weighted by molar-refractivity contribution is 0.00141. The first kappa shape index (κ1) is 12.2. The first-order valence-electron chi connectivity index (χ1n) is 5.68. The Morgan fingerprint density at radius 3 is 2.71 bits per heavy atom. The van der Waals surface area contributed by atoms with E-state index in [1.807, 2.05) is 6.07 Å². The van der Waals surface area contributed by atoms with Gasteiger partial charge in [-0.25, -0.2) is 0 Å². The van der Waals surface area contributed by atoms with E-state index in [0.29, 0.717) is 16.3 Å². The molecule has 0 radical (unpaired) electrons. The molecule has 4 heteroatoms. The molecule has 0 unspecified atom stereocenters. The SMILES string of the molecule is N#Cc1ccc(OCC2(O)CCCC2)cc1Cl. The Morgan fingerprint density at radius 2 is 2.12 bits per heavy atom. The number of hydrogen-bond acceptors (Lipinski definition) is 3. The molecule has 0 heterocycles. The molecular weight excluding hydrogens is 238 g/mol. The van der Waals surface area contributed by atoms with Crippen LogP contribution in [0.4, 0.5) is 0 Å². The minimum Gasteiger partial charge on any atom is -0.491 e. The van der Waals surface area contributed by atoms with Crippen molar-refractivity contribution in [1.82, 2.24) is 0 Å². The lowest BCUT2D eigenvalue weighted by Crippen LogP contribution is -2.32. The Morgan fingerprint density at radius 1 is 1.41 bits per heavy atom. The number of nitrogens with zero attached hydrogens (tertiary/aromatic N) is 1. The summed E-state index contributed by atoms with van der Waals surface area (Å²) < 4.78 is 5.53. The molecule has 1 aliphatic carbocycles. The summed E-state index contributed by atoms with van der Waals surface area (Å²) >= 11 is 5.89. The Bertz CT molecular complexity index is 447. The molecule has 2 rings (SSSR count). The van der Waals surface area contributed by atoms with Gasteiger partial charge in [0.25, 0.3) is 0 Å². The summed E-state index contributed by atoms with van der Waals surface area (Å²) in [5.74, 6) is 0.592. The molecule has 0 saturated heterocycles. The highest BCUT2D eigenvalue weighted by Crippen LogP contribution is 2.30. The van der Waals surface area contributed by atoms with Gasteiger partial charge >= 0.3 is 0 Å². The van der Waals surface area contributed by atoms with Gasteiger partial charge in [-0.3, -0.25) is 0 Å². The standard InChI is InChI=1S/C13H14ClNO2/c14-12-7-11(4-3-10(12)8-15)17-9-13(16)5-1-2-6-13/h3-4,7,16H,1-2,5-6,9H2. The summed E-state index contributed by atoms with van der Waals surface area (Å²) in [7, 11) is 0. The lowest BCUT2D eigenvalue weighted by Gasteiger charge is -2.22. The minimum atomic E-state index is -0.694. The van der Waals surface area contributed by atoms with Gasteiger partial charge in [-0.2, -0.15) is 5.26 Å². The van der Waals surface area contributed by atoms with Gasteiger partial charge in [-0.05, 0) is 25.0 Å². The monoisotopic (exact) mass is 251 g/mol. The van der Waals surface area contributed by atoms with Crippen LogP contribution in [0.2, 0.25) is 5.02 Å². The van der Waals surface area contributed by atoms with Crippen LogP contribution in [0, 0.1) is 11.3 Å². The molecule has 17 heavy (non-hydrogen) atoms. The van der Waals surface area contributed by atoms with Crippen molar-refractivity contribution in [3.63, 3.8) is 0 Å². The molecule has 1 saturated carbocycles. The van der Waals surface area contributed by atoms with Crippen molar-refractivity contribution in [2.24, 2.45) is 0 Å². The maximum Gasteiger partial charge on any atom is 0.121 e. The van der Waals surface area contributed by atoms with Gasteiger partial charge in [0.05, 0.1) is 16.2 Å². The van der Waals surface area contributed by atoms with Gasteiger partial charge < -0.3 is 9.84 Å². The van der Waals surface area contributed by atoms with E-state index < -0.39 is 5.60 Å². The molecule has 90 valence electrons. The van der Waals surface area contributed by atoms with Gasteiger partial charge in [-0.15, -0.1) is 0 Å². The van der Waals surface area contributed by atoms with Crippen LogP contribution in [-0.2, 0) is 0 Å². The topological polar surface area (TPSA) is 53.2 Å². The molecule has 1 aromatic carbocycles. The van der Waals surface area contributed by atoms with E-state index in [4.69, 9.17) is 21.6 Å². The predicted octanol–water partition coefficient (Wildman–Crippen LogP) is 2.90. The number of rotatable bonds is 3. The fourth-order valence-corrected chi connectivity index (χ4v) is 2.28. The molecule has 0 atom stereocenters. The largest absolute Gasteiger partial charge is 0.491 e. The Hall–Kier alpha value is -1.24.